The Morgan fingerprint density at radius 1 is 1.08 bits per heavy atom. The van der Waals surface area contributed by atoms with E-state index in [1.807, 2.05) is 44.4 Å². The fourth-order valence-electron chi connectivity index (χ4n) is 5.03. The Hall–Kier alpha value is -3.07. The van der Waals surface area contributed by atoms with Crippen LogP contribution >= 0.6 is 23.2 Å². The van der Waals surface area contributed by atoms with E-state index in [1.54, 1.807) is 11.1 Å². The van der Waals surface area contributed by atoms with Crippen LogP contribution in [0.4, 0.5) is 11.4 Å². The molecule has 1 amide bonds. The maximum atomic E-state index is 13.3. The fourth-order valence-corrected chi connectivity index (χ4v) is 5.40. The van der Waals surface area contributed by atoms with Gasteiger partial charge < -0.3 is 25.8 Å². The molecule has 3 aliphatic heterocycles. The minimum atomic E-state index is -0.185. The number of rotatable bonds is 6. The van der Waals surface area contributed by atoms with Gasteiger partial charge >= 0.3 is 0 Å². The number of carbonyl (C=O) groups excluding carboxylic acids is 1. The van der Waals surface area contributed by atoms with E-state index in [4.69, 9.17) is 23.2 Å². The van der Waals surface area contributed by atoms with Gasteiger partial charge in [-0.1, -0.05) is 23.2 Å². The van der Waals surface area contributed by atoms with Gasteiger partial charge in [0, 0.05) is 67.2 Å². The molecule has 0 bridgehead atoms. The first kappa shape index (κ1) is 25.6. The molecule has 0 aliphatic carbocycles. The maximum Gasteiger partial charge on any atom is 0.273 e. The van der Waals surface area contributed by atoms with Crippen LogP contribution in [0.5, 0.6) is 0 Å². The van der Waals surface area contributed by atoms with Gasteiger partial charge in [-0.3, -0.25) is 15.2 Å². The fraction of sp³-hybridized carbons (Fsp3) is 0.370. The number of hydrazine groups is 1. The van der Waals surface area contributed by atoms with Crippen molar-refractivity contribution in [2.75, 3.05) is 50.5 Å². The van der Waals surface area contributed by atoms with E-state index >= 15 is 0 Å². The number of allylic oxidation sites excluding steroid dienone is 1. The topological polar surface area (TPSA) is 74.9 Å². The van der Waals surface area contributed by atoms with Crippen molar-refractivity contribution in [3.63, 3.8) is 0 Å². The summed E-state index contributed by atoms with van der Waals surface area (Å²) in [5.74, 6) is 0.672. The second-order valence-corrected chi connectivity index (χ2v) is 10.4. The van der Waals surface area contributed by atoms with Gasteiger partial charge in [-0.05, 0) is 74.0 Å². The summed E-state index contributed by atoms with van der Waals surface area (Å²) in [6, 6.07) is 14.2. The molecule has 4 N–H and O–H groups in total. The average Bonchev–Trinajstić information content (AvgIpc) is 2.91. The summed E-state index contributed by atoms with van der Waals surface area (Å²) in [7, 11) is 3.86. The van der Waals surface area contributed by atoms with Gasteiger partial charge in [0.25, 0.3) is 5.91 Å². The number of piperidine rings is 1. The van der Waals surface area contributed by atoms with Crippen LogP contribution < -0.4 is 26.3 Å². The van der Waals surface area contributed by atoms with Crippen LogP contribution in [0.1, 0.15) is 18.4 Å². The largest absolute Gasteiger partial charge is 0.371 e. The Morgan fingerprint density at radius 2 is 1.84 bits per heavy atom. The molecule has 0 atom stereocenters. The molecular formula is C27H33Cl2N7O. The van der Waals surface area contributed by atoms with Crippen LogP contribution in [-0.2, 0) is 11.3 Å². The Labute approximate surface area is 228 Å². The molecule has 0 unspecified atom stereocenters. The third kappa shape index (κ3) is 5.76. The average molecular weight is 543 g/mol. The molecule has 0 aromatic heterocycles. The third-order valence-corrected chi connectivity index (χ3v) is 7.79. The number of likely N-dealkylation sites (N-methyl/N-ethyl adjacent to an activating group) is 1. The molecule has 0 saturated carbocycles. The number of hydrogen-bond acceptors (Lipinski definition) is 7. The zero-order chi connectivity index (χ0) is 25.9. The van der Waals surface area contributed by atoms with E-state index in [9.17, 15) is 4.79 Å². The van der Waals surface area contributed by atoms with Crippen LogP contribution in [0.25, 0.3) is 0 Å². The molecule has 37 heavy (non-hydrogen) atoms. The first-order valence-corrected chi connectivity index (χ1v) is 13.4. The van der Waals surface area contributed by atoms with Gasteiger partial charge in [-0.25, -0.2) is 0 Å². The van der Waals surface area contributed by atoms with Gasteiger partial charge in [-0.15, -0.1) is 0 Å². The van der Waals surface area contributed by atoms with Crippen LogP contribution in [0.15, 0.2) is 65.8 Å². The number of halogens is 2. The van der Waals surface area contributed by atoms with Crippen molar-refractivity contribution in [3.8, 4) is 0 Å². The lowest BCUT2D eigenvalue weighted by Crippen LogP contribution is -2.50. The van der Waals surface area contributed by atoms with Gasteiger partial charge in [0.1, 0.15) is 11.5 Å². The van der Waals surface area contributed by atoms with Gasteiger partial charge in [0.2, 0.25) is 0 Å². The van der Waals surface area contributed by atoms with Crippen molar-refractivity contribution in [2.45, 2.75) is 25.4 Å². The summed E-state index contributed by atoms with van der Waals surface area (Å²) >= 11 is 12.6. The zero-order valence-corrected chi connectivity index (χ0v) is 22.7. The smallest absolute Gasteiger partial charge is 0.273 e. The van der Waals surface area contributed by atoms with Gasteiger partial charge in [0.05, 0.1) is 5.70 Å². The highest BCUT2D eigenvalue weighted by Gasteiger charge is 2.28. The standard InChI is InChI=1S/C27H33Cl2N7O/c1-30-20-9-12-35(13-10-20)22-6-4-21(5-7-22)32-27(37)25-16-24-26(33-34(25)2)31-11-14-36(24)17-18-15-19(28)3-8-23(18)29/h3-8,15-16,20,30-31,33H,9-14,17H2,1-2H3,(H,32,37). The van der Waals surface area contributed by atoms with Crippen LogP contribution in [0.2, 0.25) is 10.0 Å². The number of anilines is 2. The van der Waals surface area contributed by atoms with Crippen molar-refractivity contribution in [1.29, 1.82) is 0 Å². The number of hydrogen-bond donors (Lipinski definition) is 4. The molecule has 10 heteroatoms. The second-order valence-electron chi connectivity index (χ2n) is 9.60. The number of carbonyl (C=O) groups is 1. The predicted octanol–water partition coefficient (Wildman–Crippen LogP) is 3.73. The third-order valence-electron chi connectivity index (χ3n) is 7.19. The molecule has 3 heterocycles. The summed E-state index contributed by atoms with van der Waals surface area (Å²) in [6.07, 6.45) is 4.18. The summed E-state index contributed by atoms with van der Waals surface area (Å²) in [4.78, 5) is 17.9. The van der Waals surface area contributed by atoms with Gasteiger partial charge in [0.15, 0.2) is 0 Å². The summed E-state index contributed by atoms with van der Waals surface area (Å²) < 4.78 is 0. The zero-order valence-electron chi connectivity index (χ0n) is 21.2. The number of nitrogens with one attached hydrogen (secondary N) is 4. The minimum Gasteiger partial charge on any atom is -0.371 e. The highest BCUT2D eigenvalue weighted by molar-refractivity contribution is 6.33. The second kappa shape index (κ2) is 11.1. The summed E-state index contributed by atoms with van der Waals surface area (Å²) in [5, 5.41) is 12.9. The van der Waals surface area contributed by atoms with E-state index in [2.05, 4.69) is 43.3 Å². The van der Waals surface area contributed by atoms with Crippen molar-refractivity contribution >= 4 is 40.5 Å². The van der Waals surface area contributed by atoms with E-state index < -0.39 is 0 Å². The van der Waals surface area contributed by atoms with Crippen LogP contribution in [0, 0.1) is 0 Å². The molecule has 0 radical (unpaired) electrons. The number of benzene rings is 2. The first-order valence-electron chi connectivity index (χ1n) is 12.6. The van der Waals surface area contributed by atoms with Crippen molar-refractivity contribution < 1.29 is 4.79 Å². The Bertz CT molecular complexity index is 1210. The molecule has 1 fully saturated rings. The molecule has 196 valence electrons. The lowest BCUT2D eigenvalue weighted by atomic mass is 10.0. The van der Waals surface area contributed by atoms with E-state index in [0.29, 0.717) is 28.3 Å². The molecule has 1 saturated heterocycles. The van der Waals surface area contributed by atoms with Crippen LogP contribution in [0.3, 0.4) is 0 Å². The van der Waals surface area contributed by atoms with Crippen molar-refractivity contribution in [1.82, 2.24) is 26.0 Å². The monoisotopic (exact) mass is 541 g/mol. The number of amides is 1. The Kier molecular flexibility index (Phi) is 7.69. The quantitative estimate of drug-likeness (QED) is 0.444. The lowest BCUT2D eigenvalue weighted by Gasteiger charge is -2.39. The van der Waals surface area contributed by atoms with Gasteiger partial charge in [-0.2, -0.15) is 0 Å². The van der Waals surface area contributed by atoms with Crippen LogP contribution in [-0.4, -0.2) is 62.1 Å². The number of nitrogens with zero attached hydrogens (tertiary/aromatic N) is 3. The Morgan fingerprint density at radius 3 is 2.57 bits per heavy atom. The SMILES string of the molecule is CNC1CCN(c2ccc(NC(=O)C3=CC4=C(NCCN4Cc4cc(Cl)ccc4Cl)NN3C)cc2)CC1. The summed E-state index contributed by atoms with van der Waals surface area (Å²) in [6.45, 7) is 4.19. The minimum absolute atomic E-state index is 0.185. The molecule has 8 nitrogen and oxygen atoms in total. The summed E-state index contributed by atoms with van der Waals surface area (Å²) in [5.41, 5.74) is 7.61. The lowest BCUT2D eigenvalue weighted by molar-refractivity contribution is -0.114. The molecular weight excluding hydrogens is 509 g/mol. The molecule has 2 aromatic carbocycles. The maximum absolute atomic E-state index is 13.3. The predicted molar refractivity (Wildman–Crippen MR) is 150 cm³/mol. The molecule has 0 spiro atoms. The van der Waals surface area contributed by atoms with E-state index in [-0.39, 0.29) is 5.91 Å². The van der Waals surface area contributed by atoms with Crippen molar-refractivity contribution in [2.24, 2.45) is 0 Å². The van der Waals surface area contributed by atoms with Crippen molar-refractivity contribution in [3.05, 3.63) is 81.4 Å². The highest BCUT2D eigenvalue weighted by Crippen LogP contribution is 2.28. The normalized spacial score (nSPS) is 18.2. The first-order chi connectivity index (χ1) is 17.9. The Balaban J connectivity index is 1.28. The molecule has 2 aromatic rings. The molecule has 3 aliphatic rings. The highest BCUT2D eigenvalue weighted by atomic mass is 35.5. The van der Waals surface area contributed by atoms with E-state index in [1.165, 1.54) is 5.69 Å². The molecule has 5 rings (SSSR count). The van der Waals surface area contributed by atoms with E-state index in [0.717, 1.165) is 61.8 Å².